The minimum absolute atomic E-state index is 0.0940. The van der Waals surface area contributed by atoms with Gasteiger partial charge in [0, 0.05) is 22.6 Å². The van der Waals surface area contributed by atoms with Crippen LogP contribution in [0.2, 0.25) is 0 Å². The maximum Gasteiger partial charge on any atom is 0.416 e. The lowest BCUT2D eigenvalue weighted by molar-refractivity contribution is -0.137. The van der Waals surface area contributed by atoms with E-state index in [-0.39, 0.29) is 27.7 Å². The average Bonchev–Trinajstić information content (AvgIpc) is 2.72. The van der Waals surface area contributed by atoms with Crippen molar-refractivity contribution in [1.29, 1.82) is 0 Å². The number of nitrogens with zero attached hydrogens (tertiary/aromatic N) is 1. The summed E-state index contributed by atoms with van der Waals surface area (Å²) >= 11 is 0. The van der Waals surface area contributed by atoms with Crippen LogP contribution in [0.3, 0.4) is 0 Å². The van der Waals surface area contributed by atoms with Crippen molar-refractivity contribution in [2.45, 2.75) is 6.18 Å². The van der Waals surface area contributed by atoms with Crippen LogP contribution in [0.4, 0.5) is 22.0 Å². The molecule has 1 aromatic heterocycles. The number of aromatic nitrogens is 1. The average molecular weight is 429 g/mol. The van der Waals surface area contributed by atoms with Crippen molar-refractivity contribution >= 4 is 16.9 Å². The number of carboxylic acid groups (broad SMARTS) is 1. The second-order valence-corrected chi connectivity index (χ2v) is 6.79. The molecule has 0 radical (unpaired) electrons. The number of benzene rings is 3. The fraction of sp³-hybridized carbons (Fsp3) is 0.0435. The monoisotopic (exact) mass is 429 g/mol. The molecule has 0 aliphatic rings. The van der Waals surface area contributed by atoms with E-state index in [1.165, 1.54) is 12.1 Å². The van der Waals surface area contributed by atoms with Gasteiger partial charge in [-0.2, -0.15) is 13.2 Å². The minimum atomic E-state index is -4.62. The van der Waals surface area contributed by atoms with E-state index in [2.05, 4.69) is 4.98 Å². The number of alkyl halides is 3. The summed E-state index contributed by atoms with van der Waals surface area (Å²) in [6.45, 7) is 0. The highest BCUT2D eigenvalue weighted by molar-refractivity contribution is 6.04. The van der Waals surface area contributed by atoms with Crippen LogP contribution < -0.4 is 0 Å². The van der Waals surface area contributed by atoms with E-state index in [1.807, 2.05) is 0 Å². The molecule has 8 heteroatoms. The Morgan fingerprint density at radius 3 is 2.13 bits per heavy atom. The second kappa shape index (κ2) is 7.46. The predicted molar refractivity (Wildman–Crippen MR) is 104 cm³/mol. The number of halogens is 5. The van der Waals surface area contributed by atoms with Crippen LogP contribution in [0.1, 0.15) is 15.9 Å². The highest BCUT2D eigenvalue weighted by Crippen LogP contribution is 2.34. The zero-order valence-corrected chi connectivity index (χ0v) is 15.5. The third-order valence-electron chi connectivity index (χ3n) is 4.79. The maximum absolute atomic E-state index is 14.0. The number of fused-ring (bicyclic) bond motifs is 1. The van der Waals surface area contributed by atoms with Gasteiger partial charge in [0.25, 0.3) is 0 Å². The van der Waals surface area contributed by atoms with Crippen LogP contribution in [0.25, 0.3) is 33.3 Å². The number of carbonyl (C=O) groups is 1. The van der Waals surface area contributed by atoms with Gasteiger partial charge in [-0.05, 0) is 42.0 Å². The predicted octanol–water partition coefficient (Wildman–Crippen LogP) is 6.56. The number of rotatable bonds is 3. The molecule has 31 heavy (non-hydrogen) atoms. The van der Waals surface area contributed by atoms with Gasteiger partial charge in [-0.25, -0.2) is 18.6 Å². The third-order valence-corrected chi connectivity index (χ3v) is 4.79. The molecule has 0 amide bonds. The van der Waals surface area contributed by atoms with Gasteiger partial charge >= 0.3 is 12.1 Å². The molecule has 0 unspecified atom stereocenters. The Bertz CT molecular complexity index is 1310. The molecule has 0 saturated carbocycles. The summed E-state index contributed by atoms with van der Waals surface area (Å²) in [6.07, 6.45) is -4.62. The summed E-state index contributed by atoms with van der Waals surface area (Å²) in [5.41, 5.74) is 0.172. The SMILES string of the molecule is O=C(O)c1cc(-c2ccc(-c3ccc(F)cc3F)cc2)nc2ccc(C(F)(F)F)cc12. The van der Waals surface area contributed by atoms with Crippen molar-refractivity contribution in [3.8, 4) is 22.4 Å². The van der Waals surface area contributed by atoms with Gasteiger partial charge < -0.3 is 5.11 Å². The van der Waals surface area contributed by atoms with E-state index in [9.17, 15) is 31.9 Å². The molecule has 0 aliphatic carbocycles. The van der Waals surface area contributed by atoms with Crippen molar-refractivity contribution in [1.82, 2.24) is 4.98 Å². The highest BCUT2D eigenvalue weighted by atomic mass is 19.4. The lowest BCUT2D eigenvalue weighted by atomic mass is 9.99. The van der Waals surface area contributed by atoms with Gasteiger partial charge in [0.1, 0.15) is 11.6 Å². The summed E-state index contributed by atoms with van der Waals surface area (Å²) in [6, 6.07) is 13.4. The molecule has 0 bridgehead atoms. The van der Waals surface area contributed by atoms with E-state index in [1.54, 1.807) is 24.3 Å². The van der Waals surface area contributed by atoms with Crippen molar-refractivity contribution in [2.75, 3.05) is 0 Å². The molecule has 156 valence electrons. The van der Waals surface area contributed by atoms with E-state index >= 15 is 0 Å². The molecule has 0 aliphatic heterocycles. The van der Waals surface area contributed by atoms with Crippen LogP contribution >= 0.6 is 0 Å². The largest absolute Gasteiger partial charge is 0.478 e. The Kier molecular flexibility index (Phi) is 4.93. The summed E-state index contributed by atoms with van der Waals surface area (Å²) in [5.74, 6) is -2.82. The lowest BCUT2D eigenvalue weighted by Crippen LogP contribution is -2.06. The molecule has 3 nitrogen and oxygen atoms in total. The molecule has 0 saturated heterocycles. The fourth-order valence-corrected chi connectivity index (χ4v) is 3.27. The fourth-order valence-electron chi connectivity index (χ4n) is 3.27. The van der Waals surface area contributed by atoms with Gasteiger partial charge in [0.15, 0.2) is 0 Å². The van der Waals surface area contributed by atoms with Crippen LogP contribution in [0, 0.1) is 11.6 Å². The second-order valence-electron chi connectivity index (χ2n) is 6.79. The molecule has 0 fully saturated rings. The summed E-state index contributed by atoms with van der Waals surface area (Å²) in [7, 11) is 0. The van der Waals surface area contributed by atoms with Crippen molar-refractivity contribution in [2.24, 2.45) is 0 Å². The Balaban J connectivity index is 1.80. The van der Waals surface area contributed by atoms with Crippen molar-refractivity contribution in [3.05, 3.63) is 89.5 Å². The first-order valence-electron chi connectivity index (χ1n) is 8.94. The summed E-state index contributed by atoms with van der Waals surface area (Å²) in [5, 5.41) is 9.38. The van der Waals surface area contributed by atoms with Crippen LogP contribution in [-0.4, -0.2) is 16.1 Å². The Morgan fingerprint density at radius 2 is 1.52 bits per heavy atom. The van der Waals surface area contributed by atoms with Crippen LogP contribution in [0.5, 0.6) is 0 Å². The lowest BCUT2D eigenvalue weighted by Gasteiger charge is -2.11. The minimum Gasteiger partial charge on any atom is -0.478 e. The topological polar surface area (TPSA) is 50.2 Å². The van der Waals surface area contributed by atoms with Crippen LogP contribution in [-0.2, 0) is 6.18 Å². The first-order valence-corrected chi connectivity index (χ1v) is 8.94. The van der Waals surface area contributed by atoms with E-state index in [4.69, 9.17) is 0 Å². The summed E-state index contributed by atoms with van der Waals surface area (Å²) in [4.78, 5) is 16.0. The first kappa shape index (κ1) is 20.5. The molecule has 0 atom stereocenters. The molecular weight excluding hydrogens is 417 g/mol. The maximum atomic E-state index is 14.0. The van der Waals surface area contributed by atoms with E-state index in [0.29, 0.717) is 11.1 Å². The standard InChI is InChI=1S/C23H12F5NO2/c24-15-6-7-16(19(25)10-15)12-1-3-13(4-2-12)21-11-18(22(30)31)17-9-14(23(26,27)28)5-8-20(17)29-21/h1-11H,(H,30,31). The van der Waals surface area contributed by atoms with Crippen molar-refractivity contribution < 1.29 is 31.9 Å². The van der Waals surface area contributed by atoms with Gasteiger partial charge in [0.05, 0.1) is 22.3 Å². The van der Waals surface area contributed by atoms with Crippen molar-refractivity contribution in [3.63, 3.8) is 0 Å². The van der Waals surface area contributed by atoms with Gasteiger partial charge in [-0.3, -0.25) is 0 Å². The first-order chi connectivity index (χ1) is 14.6. The molecule has 4 rings (SSSR count). The molecule has 4 aromatic rings. The number of aromatic carboxylic acids is 1. The normalized spacial score (nSPS) is 11.6. The highest BCUT2D eigenvalue weighted by Gasteiger charge is 2.31. The third kappa shape index (κ3) is 3.96. The Morgan fingerprint density at radius 1 is 0.839 bits per heavy atom. The molecule has 3 aromatic carbocycles. The molecule has 1 heterocycles. The zero-order chi connectivity index (χ0) is 22.3. The smallest absolute Gasteiger partial charge is 0.416 e. The Labute approximate surface area is 172 Å². The number of hydrogen-bond acceptors (Lipinski definition) is 2. The summed E-state index contributed by atoms with van der Waals surface area (Å²) < 4.78 is 66.1. The molecular formula is C23H12F5NO2. The quantitative estimate of drug-likeness (QED) is 0.375. The number of pyridine rings is 1. The van der Waals surface area contributed by atoms with Crippen LogP contribution in [0.15, 0.2) is 66.7 Å². The van der Waals surface area contributed by atoms with E-state index in [0.717, 1.165) is 30.3 Å². The number of carboxylic acids is 1. The number of hydrogen-bond donors (Lipinski definition) is 1. The van der Waals surface area contributed by atoms with E-state index < -0.39 is 29.3 Å². The molecule has 0 spiro atoms. The zero-order valence-electron chi connectivity index (χ0n) is 15.5. The Hall–Kier alpha value is -3.81. The van der Waals surface area contributed by atoms with Gasteiger partial charge in [-0.1, -0.05) is 24.3 Å². The molecule has 1 N–H and O–H groups in total. The van der Waals surface area contributed by atoms with Gasteiger partial charge in [0.2, 0.25) is 0 Å². The van der Waals surface area contributed by atoms with Gasteiger partial charge in [-0.15, -0.1) is 0 Å².